The molecule has 1 aromatic heterocycles. The van der Waals surface area contributed by atoms with E-state index in [2.05, 4.69) is 27.6 Å². The fourth-order valence-electron chi connectivity index (χ4n) is 2.60. The molecule has 0 radical (unpaired) electrons. The van der Waals surface area contributed by atoms with Crippen molar-refractivity contribution in [2.75, 3.05) is 0 Å². The third-order valence-electron chi connectivity index (χ3n) is 3.88. The van der Waals surface area contributed by atoms with Crippen molar-refractivity contribution in [2.24, 2.45) is 0 Å². The number of nitrogens with zero attached hydrogens (tertiary/aromatic N) is 1. The Balaban J connectivity index is 2.01. The minimum absolute atomic E-state index is 0.295. The van der Waals surface area contributed by atoms with Crippen molar-refractivity contribution in [3.05, 3.63) is 81.2 Å². The average molecular weight is 445 g/mol. The Kier molecular flexibility index (Phi) is 5.33. The van der Waals surface area contributed by atoms with Gasteiger partial charge in [0.2, 0.25) is 0 Å². The normalized spacial score (nSPS) is 10.5. The predicted molar refractivity (Wildman–Crippen MR) is 105 cm³/mol. The van der Waals surface area contributed by atoms with Crippen molar-refractivity contribution in [3.8, 4) is 16.9 Å². The first-order valence-electron chi connectivity index (χ1n) is 7.71. The summed E-state index contributed by atoms with van der Waals surface area (Å²) in [5, 5.41) is 9.60. The van der Waals surface area contributed by atoms with Gasteiger partial charge in [-0.2, -0.15) is 0 Å². The van der Waals surface area contributed by atoms with E-state index in [1.165, 1.54) is 0 Å². The number of aryl methyl sites for hydroxylation is 1. The summed E-state index contributed by atoms with van der Waals surface area (Å²) in [5.41, 5.74) is 3.89. The van der Waals surface area contributed by atoms with Crippen LogP contribution < -0.4 is 4.74 Å². The molecule has 4 nitrogen and oxygen atoms in total. The van der Waals surface area contributed by atoms with Gasteiger partial charge in [-0.15, -0.1) is 0 Å². The smallest absolute Gasteiger partial charge is 0.336 e. The van der Waals surface area contributed by atoms with Crippen LogP contribution in [0.1, 0.15) is 21.5 Å². The van der Waals surface area contributed by atoms with Gasteiger partial charge in [0.25, 0.3) is 0 Å². The minimum atomic E-state index is -0.934. The zero-order valence-electron chi connectivity index (χ0n) is 13.6. The summed E-state index contributed by atoms with van der Waals surface area (Å²) >= 11 is 2.15. The summed E-state index contributed by atoms with van der Waals surface area (Å²) < 4.78 is 6.64. The maximum absolute atomic E-state index is 11.7. The number of carboxylic acids is 1. The maximum Gasteiger partial charge on any atom is 0.336 e. The second-order valence-electron chi connectivity index (χ2n) is 5.59. The van der Waals surface area contributed by atoms with Crippen LogP contribution in [0.15, 0.2) is 60.9 Å². The van der Waals surface area contributed by atoms with Crippen molar-refractivity contribution in [1.29, 1.82) is 0 Å². The Morgan fingerprint density at radius 1 is 1.16 bits per heavy atom. The number of hydrogen-bond acceptors (Lipinski definition) is 3. The lowest BCUT2D eigenvalue weighted by Crippen LogP contribution is -2.05. The standard InChI is InChI=1S/C20H16INO3/c1-13-5-2-3-7-16(13)17-9-14(19(21)10-18(17)20(23)24)12-25-15-6-4-8-22-11-15/h2-11H,12H2,1H3,(H,23,24). The minimum Gasteiger partial charge on any atom is -0.487 e. The van der Waals surface area contributed by atoms with Crippen molar-refractivity contribution in [2.45, 2.75) is 13.5 Å². The number of carboxylic acid groups (broad SMARTS) is 1. The Morgan fingerprint density at radius 2 is 1.96 bits per heavy atom. The van der Waals surface area contributed by atoms with E-state index in [1.807, 2.05) is 49.4 Å². The molecule has 5 heteroatoms. The molecular weight excluding hydrogens is 429 g/mol. The highest BCUT2D eigenvalue weighted by Crippen LogP contribution is 2.31. The number of aromatic carboxylic acids is 1. The molecule has 0 aliphatic heterocycles. The summed E-state index contributed by atoms with van der Waals surface area (Å²) in [5.74, 6) is -0.256. The van der Waals surface area contributed by atoms with E-state index >= 15 is 0 Å². The molecule has 0 aliphatic rings. The lowest BCUT2D eigenvalue weighted by atomic mass is 9.94. The fourth-order valence-corrected chi connectivity index (χ4v) is 3.22. The molecule has 0 saturated carbocycles. The highest BCUT2D eigenvalue weighted by atomic mass is 127. The van der Waals surface area contributed by atoms with Crippen LogP contribution in [0.3, 0.4) is 0 Å². The molecule has 0 spiro atoms. The molecule has 0 fully saturated rings. The first-order valence-corrected chi connectivity index (χ1v) is 8.78. The quantitative estimate of drug-likeness (QED) is 0.566. The van der Waals surface area contributed by atoms with Gasteiger partial charge in [-0.25, -0.2) is 4.79 Å². The number of benzene rings is 2. The number of pyridine rings is 1. The van der Waals surface area contributed by atoms with Crippen LogP contribution in [-0.4, -0.2) is 16.1 Å². The lowest BCUT2D eigenvalue weighted by Gasteiger charge is -2.14. The van der Waals surface area contributed by atoms with E-state index in [0.717, 1.165) is 20.3 Å². The second-order valence-corrected chi connectivity index (χ2v) is 6.75. The van der Waals surface area contributed by atoms with Crippen LogP contribution in [0.5, 0.6) is 5.75 Å². The molecule has 0 unspecified atom stereocenters. The summed E-state index contributed by atoms with van der Waals surface area (Å²) in [4.78, 5) is 15.7. The first-order chi connectivity index (χ1) is 12.1. The third-order valence-corrected chi connectivity index (χ3v) is 4.89. The maximum atomic E-state index is 11.7. The van der Waals surface area contributed by atoms with Crippen LogP contribution in [-0.2, 0) is 6.61 Å². The van der Waals surface area contributed by atoms with Crippen LogP contribution in [0.4, 0.5) is 0 Å². The summed E-state index contributed by atoms with van der Waals surface area (Å²) in [6.45, 7) is 2.33. The van der Waals surface area contributed by atoms with Crippen molar-refractivity contribution in [1.82, 2.24) is 4.98 Å². The molecule has 0 saturated heterocycles. The Bertz CT molecular complexity index is 910. The number of hydrogen-bond donors (Lipinski definition) is 1. The molecule has 1 N–H and O–H groups in total. The molecule has 0 amide bonds. The second kappa shape index (κ2) is 7.65. The molecular formula is C20H16INO3. The van der Waals surface area contributed by atoms with Crippen LogP contribution in [0, 0.1) is 10.5 Å². The van der Waals surface area contributed by atoms with Gasteiger partial charge in [-0.3, -0.25) is 4.98 Å². The van der Waals surface area contributed by atoms with Gasteiger partial charge in [-0.05, 0) is 70.5 Å². The Morgan fingerprint density at radius 3 is 2.64 bits per heavy atom. The molecule has 1 heterocycles. The van der Waals surface area contributed by atoms with Gasteiger partial charge in [0.05, 0.1) is 11.8 Å². The molecule has 0 atom stereocenters. The summed E-state index contributed by atoms with van der Waals surface area (Å²) in [6.07, 6.45) is 3.34. The van der Waals surface area contributed by atoms with Crippen molar-refractivity contribution < 1.29 is 14.6 Å². The SMILES string of the molecule is Cc1ccccc1-c1cc(COc2cccnc2)c(I)cc1C(=O)O. The summed E-state index contributed by atoms with van der Waals surface area (Å²) in [7, 11) is 0. The van der Waals surface area contributed by atoms with Crippen LogP contribution >= 0.6 is 22.6 Å². The lowest BCUT2D eigenvalue weighted by molar-refractivity contribution is 0.0697. The van der Waals surface area contributed by atoms with E-state index < -0.39 is 5.97 Å². The molecule has 0 aliphatic carbocycles. The van der Waals surface area contributed by atoms with Crippen LogP contribution in [0.2, 0.25) is 0 Å². The number of rotatable bonds is 5. The largest absolute Gasteiger partial charge is 0.487 e. The molecule has 0 bridgehead atoms. The molecule has 3 aromatic rings. The van der Waals surface area contributed by atoms with Crippen molar-refractivity contribution in [3.63, 3.8) is 0 Å². The van der Waals surface area contributed by atoms with Gasteiger partial charge < -0.3 is 9.84 Å². The average Bonchev–Trinajstić information content (AvgIpc) is 2.62. The molecule has 25 heavy (non-hydrogen) atoms. The Labute approximate surface area is 159 Å². The third kappa shape index (κ3) is 3.99. The van der Waals surface area contributed by atoms with Gasteiger partial charge in [0, 0.05) is 15.3 Å². The zero-order chi connectivity index (χ0) is 17.8. The highest BCUT2D eigenvalue weighted by Gasteiger charge is 2.17. The zero-order valence-corrected chi connectivity index (χ0v) is 15.7. The number of ether oxygens (including phenoxy) is 1. The van der Waals surface area contributed by atoms with E-state index in [-0.39, 0.29) is 0 Å². The van der Waals surface area contributed by atoms with Gasteiger partial charge in [0.1, 0.15) is 12.4 Å². The number of carbonyl (C=O) groups is 1. The Hall–Kier alpha value is -2.41. The first kappa shape index (κ1) is 17.4. The fraction of sp³-hybridized carbons (Fsp3) is 0.100. The van der Waals surface area contributed by atoms with E-state index in [0.29, 0.717) is 23.5 Å². The molecule has 126 valence electrons. The predicted octanol–water partition coefficient (Wildman–Crippen LogP) is 4.94. The molecule has 2 aromatic carbocycles. The van der Waals surface area contributed by atoms with Crippen LogP contribution in [0.25, 0.3) is 11.1 Å². The van der Waals surface area contributed by atoms with Gasteiger partial charge in [0.15, 0.2) is 0 Å². The van der Waals surface area contributed by atoms with E-state index in [9.17, 15) is 9.90 Å². The van der Waals surface area contributed by atoms with Gasteiger partial charge >= 0.3 is 5.97 Å². The number of halogens is 1. The van der Waals surface area contributed by atoms with E-state index in [4.69, 9.17) is 4.74 Å². The number of aromatic nitrogens is 1. The molecule has 3 rings (SSSR count). The van der Waals surface area contributed by atoms with E-state index in [1.54, 1.807) is 18.5 Å². The van der Waals surface area contributed by atoms with Crippen molar-refractivity contribution >= 4 is 28.6 Å². The summed E-state index contributed by atoms with van der Waals surface area (Å²) in [6, 6.07) is 15.0. The monoisotopic (exact) mass is 445 g/mol. The topological polar surface area (TPSA) is 59.4 Å². The highest BCUT2D eigenvalue weighted by molar-refractivity contribution is 14.1. The van der Waals surface area contributed by atoms with Gasteiger partial charge in [-0.1, -0.05) is 24.3 Å².